The topological polar surface area (TPSA) is 47.3 Å². The lowest BCUT2D eigenvalue weighted by Gasteiger charge is -2.14. The van der Waals surface area contributed by atoms with Crippen LogP contribution in [0.3, 0.4) is 0 Å². The molecular formula is C11H18N2OS. The minimum absolute atomic E-state index is 0.117. The molecule has 84 valence electrons. The van der Waals surface area contributed by atoms with Gasteiger partial charge in [0.1, 0.15) is 0 Å². The molecule has 15 heavy (non-hydrogen) atoms. The number of rotatable bonds is 5. The van der Waals surface area contributed by atoms with E-state index in [2.05, 4.69) is 16.8 Å². The monoisotopic (exact) mass is 226 g/mol. The first kappa shape index (κ1) is 11.1. The van der Waals surface area contributed by atoms with E-state index in [1.165, 1.54) is 17.7 Å². The summed E-state index contributed by atoms with van der Waals surface area (Å²) in [5, 5.41) is 5.44. The standard InChI is InChI=1S/C11H18N2OS/c12-10(11-4-2-6-15-11)8-13-7-9-3-1-5-14-9/h2,4,6,9-10,13H,1,3,5,7-8,12H2. The molecule has 1 aliphatic heterocycles. The average Bonchev–Trinajstić information content (AvgIpc) is 2.90. The SMILES string of the molecule is NC(CNCC1CCCO1)c1cccs1. The molecule has 2 unspecified atom stereocenters. The lowest BCUT2D eigenvalue weighted by molar-refractivity contribution is 0.110. The van der Waals surface area contributed by atoms with Crippen molar-refractivity contribution in [2.24, 2.45) is 5.73 Å². The van der Waals surface area contributed by atoms with Crippen LogP contribution in [0.15, 0.2) is 17.5 Å². The number of nitrogens with one attached hydrogen (secondary N) is 1. The van der Waals surface area contributed by atoms with E-state index in [4.69, 9.17) is 10.5 Å². The average molecular weight is 226 g/mol. The van der Waals surface area contributed by atoms with Crippen molar-refractivity contribution >= 4 is 11.3 Å². The lowest BCUT2D eigenvalue weighted by atomic mass is 10.2. The summed E-state index contributed by atoms with van der Waals surface area (Å²) in [5.74, 6) is 0. The van der Waals surface area contributed by atoms with Crippen molar-refractivity contribution in [3.63, 3.8) is 0 Å². The molecule has 2 rings (SSSR count). The van der Waals surface area contributed by atoms with Crippen molar-refractivity contribution in [2.45, 2.75) is 25.0 Å². The minimum atomic E-state index is 0.117. The second-order valence-corrected chi connectivity index (χ2v) is 4.89. The maximum absolute atomic E-state index is 6.03. The number of thiophene rings is 1. The van der Waals surface area contributed by atoms with Crippen LogP contribution in [0.5, 0.6) is 0 Å². The molecule has 0 amide bonds. The second-order valence-electron chi connectivity index (χ2n) is 3.92. The maximum atomic E-state index is 6.03. The molecule has 1 aromatic heterocycles. The van der Waals surface area contributed by atoms with Crippen LogP contribution in [-0.4, -0.2) is 25.8 Å². The molecule has 4 heteroatoms. The zero-order valence-corrected chi connectivity index (χ0v) is 9.63. The zero-order chi connectivity index (χ0) is 10.5. The fourth-order valence-electron chi connectivity index (χ4n) is 1.81. The summed E-state index contributed by atoms with van der Waals surface area (Å²) in [6, 6.07) is 4.25. The van der Waals surface area contributed by atoms with Gasteiger partial charge >= 0.3 is 0 Å². The Labute approximate surface area is 94.6 Å². The fraction of sp³-hybridized carbons (Fsp3) is 0.636. The van der Waals surface area contributed by atoms with Gasteiger partial charge in [-0.1, -0.05) is 6.07 Å². The quantitative estimate of drug-likeness (QED) is 0.800. The fourth-order valence-corrected chi connectivity index (χ4v) is 2.54. The van der Waals surface area contributed by atoms with Gasteiger partial charge in [0, 0.05) is 24.6 Å². The third-order valence-corrected chi connectivity index (χ3v) is 3.67. The summed E-state index contributed by atoms with van der Waals surface area (Å²) < 4.78 is 5.52. The predicted molar refractivity (Wildman–Crippen MR) is 63.1 cm³/mol. The first-order chi connectivity index (χ1) is 7.36. The molecule has 1 fully saturated rings. The highest BCUT2D eigenvalue weighted by Crippen LogP contribution is 2.16. The highest BCUT2D eigenvalue weighted by atomic mass is 32.1. The lowest BCUT2D eigenvalue weighted by Crippen LogP contribution is -2.32. The summed E-state index contributed by atoms with van der Waals surface area (Å²) in [4.78, 5) is 1.25. The molecule has 0 saturated carbocycles. The van der Waals surface area contributed by atoms with Crippen molar-refractivity contribution in [1.82, 2.24) is 5.32 Å². The molecule has 2 atom stereocenters. The van der Waals surface area contributed by atoms with E-state index in [0.29, 0.717) is 6.10 Å². The smallest absolute Gasteiger partial charge is 0.0700 e. The van der Waals surface area contributed by atoms with E-state index in [9.17, 15) is 0 Å². The van der Waals surface area contributed by atoms with Crippen LogP contribution in [0.4, 0.5) is 0 Å². The van der Waals surface area contributed by atoms with Crippen LogP contribution in [-0.2, 0) is 4.74 Å². The first-order valence-corrected chi connectivity index (χ1v) is 6.35. The molecule has 2 heterocycles. The van der Waals surface area contributed by atoms with Gasteiger partial charge < -0.3 is 15.8 Å². The molecular weight excluding hydrogens is 208 g/mol. The van der Waals surface area contributed by atoms with E-state index in [0.717, 1.165) is 19.7 Å². The molecule has 0 bridgehead atoms. The van der Waals surface area contributed by atoms with Gasteiger partial charge in [-0.15, -0.1) is 11.3 Å². The highest BCUT2D eigenvalue weighted by molar-refractivity contribution is 7.10. The van der Waals surface area contributed by atoms with Crippen molar-refractivity contribution in [2.75, 3.05) is 19.7 Å². The maximum Gasteiger partial charge on any atom is 0.0700 e. The third-order valence-electron chi connectivity index (χ3n) is 2.67. The number of hydrogen-bond acceptors (Lipinski definition) is 4. The highest BCUT2D eigenvalue weighted by Gasteiger charge is 2.15. The van der Waals surface area contributed by atoms with Crippen LogP contribution in [0, 0.1) is 0 Å². The first-order valence-electron chi connectivity index (χ1n) is 5.47. The largest absolute Gasteiger partial charge is 0.377 e. The third kappa shape index (κ3) is 3.28. The number of nitrogens with two attached hydrogens (primary N) is 1. The van der Waals surface area contributed by atoms with Gasteiger partial charge in [0.15, 0.2) is 0 Å². The molecule has 3 nitrogen and oxygen atoms in total. The minimum Gasteiger partial charge on any atom is -0.377 e. The van der Waals surface area contributed by atoms with E-state index in [1.54, 1.807) is 11.3 Å². The molecule has 1 aliphatic rings. The summed E-state index contributed by atoms with van der Waals surface area (Å²) in [6.45, 7) is 2.68. The number of hydrogen-bond donors (Lipinski definition) is 2. The van der Waals surface area contributed by atoms with Crippen molar-refractivity contribution in [3.8, 4) is 0 Å². The molecule has 1 aromatic rings. The molecule has 0 radical (unpaired) electrons. The van der Waals surface area contributed by atoms with E-state index < -0.39 is 0 Å². The number of ether oxygens (including phenoxy) is 1. The molecule has 0 spiro atoms. The van der Waals surface area contributed by atoms with Crippen LogP contribution >= 0.6 is 11.3 Å². The Morgan fingerprint density at radius 1 is 1.67 bits per heavy atom. The van der Waals surface area contributed by atoms with Crippen LogP contribution in [0.2, 0.25) is 0 Å². The Balaban J connectivity index is 1.65. The summed E-state index contributed by atoms with van der Waals surface area (Å²) in [6.07, 6.45) is 2.78. The Bertz CT molecular complexity index is 270. The van der Waals surface area contributed by atoms with Gasteiger partial charge in [0.25, 0.3) is 0 Å². The van der Waals surface area contributed by atoms with Gasteiger partial charge in [-0.2, -0.15) is 0 Å². The van der Waals surface area contributed by atoms with Gasteiger partial charge in [0.05, 0.1) is 12.1 Å². The van der Waals surface area contributed by atoms with E-state index >= 15 is 0 Å². The molecule has 0 aliphatic carbocycles. The Morgan fingerprint density at radius 2 is 2.60 bits per heavy atom. The zero-order valence-electron chi connectivity index (χ0n) is 8.82. The molecule has 1 saturated heterocycles. The predicted octanol–water partition coefficient (Wildman–Crippen LogP) is 1.52. The summed E-state index contributed by atoms with van der Waals surface area (Å²) in [7, 11) is 0. The van der Waals surface area contributed by atoms with Gasteiger partial charge in [-0.3, -0.25) is 0 Å². The van der Waals surface area contributed by atoms with Crippen molar-refractivity contribution in [3.05, 3.63) is 22.4 Å². The second kappa shape index (κ2) is 5.61. The van der Waals surface area contributed by atoms with E-state index in [-0.39, 0.29) is 6.04 Å². The summed E-state index contributed by atoms with van der Waals surface area (Å²) >= 11 is 1.72. The molecule has 0 aromatic carbocycles. The van der Waals surface area contributed by atoms with Gasteiger partial charge in [-0.25, -0.2) is 0 Å². The van der Waals surface area contributed by atoms with Crippen molar-refractivity contribution < 1.29 is 4.74 Å². The Morgan fingerprint density at radius 3 is 3.27 bits per heavy atom. The van der Waals surface area contributed by atoms with Crippen molar-refractivity contribution in [1.29, 1.82) is 0 Å². The summed E-state index contributed by atoms with van der Waals surface area (Å²) in [5.41, 5.74) is 6.03. The van der Waals surface area contributed by atoms with Gasteiger partial charge in [-0.05, 0) is 24.3 Å². The Hall–Kier alpha value is -0.420. The normalized spacial score (nSPS) is 23.1. The Kier molecular flexibility index (Phi) is 4.14. The van der Waals surface area contributed by atoms with Gasteiger partial charge in [0.2, 0.25) is 0 Å². The van der Waals surface area contributed by atoms with E-state index in [1.807, 2.05) is 6.07 Å². The molecule has 3 N–H and O–H groups in total. The van der Waals surface area contributed by atoms with Crippen LogP contribution in [0.25, 0.3) is 0 Å². The van der Waals surface area contributed by atoms with Crippen LogP contribution in [0.1, 0.15) is 23.8 Å². The van der Waals surface area contributed by atoms with Crippen LogP contribution < -0.4 is 11.1 Å².